The summed E-state index contributed by atoms with van der Waals surface area (Å²) < 4.78 is 2.92. The Morgan fingerprint density at radius 2 is 1.68 bits per heavy atom. The van der Waals surface area contributed by atoms with Crippen molar-refractivity contribution in [3.05, 3.63) is 46.1 Å². The number of anilines is 1. The summed E-state index contributed by atoms with van der Waals surface area (Å²) in [6, 6.07) is 6.88. The van der Waals surface area contributed by atoms with Gasteiger partial charge in [-0.25, -0.2) is 9.48 Å². The van der Waals surface area contributed by atoms with Gasteiger partial charge in [0.05, 0.1) is 0 Å². The molecule has 0 bridgehead atoms. The first-order chi connectivity index (χ1) is 13.6. The van der Waals surface area contributed by atoms with Gasteiger partial charge in [-0.05, 0) is 49.9 Å². The third-order valence-corrected chi connectivity index (χ3v) is 5.38. The molecule has 148 valence electrons. The van der Waals surface area contributed by atoms with Crippen LogP contribution in [0.2, 0.25) is 0 Å². The summed E-state index contributed by atoms with van der Waals surface area (Å²) in [4.78, 5) is 39.0. The number of nitrogens with zero attached hydrogens (tertiary/aromatic N) is 4. The summed E-state index contributed by atoms with van der Waals surface area (Å²) >= 11 is 0. The molecule has 0 atom stereocenters. The van der Waals surface area contributed by atoms with Crippen LogP contribution in [0.5, 0.6) is 0 Å². The molecule has 8 nitrogen and oxygen atoms in total. The van der Waals surface area contributed by atoms with E-state index in [2.05, 4.69) is 10.4 Å². The third-order valence-electron chi connectivity index (χ3n) is 5.38. The van der Waals surface area contributed by atoms with Crippen LogP contribution in [0.25, 0.3) is 0 Å². The minimum atomic E-state index is -0.311. The first-order valence-corrected chi connectivity index (χ1v) is 9.97. The quantitative estimate of drug-likeness (QED) is 0.869. The van der Waals surface area contributed by atoms with Crippen molar-refractivity contribution >= 4 is 17.5 Å². The molecule has 2 aromatic rings. The second kappa shape index (κ2) is 8.00. The fourth-order valence-corrected chi connectivity index (χ4v) is 3.86. The molecule has 2 aliphatic rings. The normalized spacial score (nSPS) is 16.5. The van der Waals surface area contributed by atoms with Crippen LogP contribution in [0, 0.1) is 0 Å². The predicted octanol–water partition coefficient (Wildman–Crippen LogP) is 1.65. The molecule has 3 heterocycles. The largest absolute Gasteiger partial charge is 0.346 e. The smallest absolute Gasteiger partial charge is 0.339 e. The van der Waals surface area contributed by atoms with Gasteiger partial charge in [-0.15, -0.1) is 0 Å². The Bertz CT molecular complexity index is 922. The van der Waals surface area contributed by atoms with Crippen molar-refractivity contribution in [2.75, 3.05) is 18.4 Å². The fraction of sp³-hybridized carbons (Fsp3) is 0.500. The van der Waals surface area contributed by atoms with E-state index in [1.165, 1.54) is 4.68 Å². The van der Waals surface area contributed by atoms with Gasteiger partial charge in [0.15, 0.2) is 0 Å². The maximum Gasteiger partial charge on any atom is 0.346 e. The van der Waals surface area contributed by atoms with Crippen LogP contribution in [-0.2, 0) is 24.3 Å². The number of fused-ring (bicyclic) bond motifs is 1. The molecule has 0 unspecified atom stereocenters. The summed E-state index contributed by atoms with van der Waals surface area (Å²) in [6.45, 7) is 2.16. The van der Waals surface area contributed by atoms with Gasteiger partial charge in [0.1, 0.15) is 12.4 Å². The second-order valence-corrected chi connectivity index (χ2v) is 7.44. The number of aromatic nitrogens is 3. The molecule has 1 N–H and O–H groups in total. The molecule has 0 saturated carbocycles. The molecule has 2 aliphatic heterocycles. The molecule has 1 saturated heterocycles. The van der Waals surface area contributed by atoms with Crippen LogP contribution in [0.15, 0.2) is 29.1 Å². The molecular weight excluding hydrogens is 358 g/mol. The number of carbonyl (C=O) groups is 2. The molecule has 2 amide bonds. The molecule has 1 aromatic heterocycles. The lowest BCUT2D eigenvalue weighted by molar-refractivity contribution is -0.117. The van der Waals surface area contributed by atoms with E-state index in [9.17, 15) is 14.4 Å². The third kappa shape index (κ3) is 3.85. The predicted molar refractivity (Wildman–Crippen MR) is 104 cm³/mol. The lowest BCUT2D eigenvalue weighted by Crippen LogP contribution is -2.30. The van der Waals surface area contributed by atoms with Gasteiger partial charge in [-0.3, -0.25) is 14.2 Å². The van der Waals surface area contributed by atoms with E-state index >= 15 is 0 Å². The van der Waals surface area contributed by atoms with Crippen molar-refractivity contribution < 1.29 is 9.59 Å². The van der Waals surface area contributed by atoms with Crippen molar-refractivity contribution in [1.82, 2.24) is 19.2 Å². The van der Waals surface area contributed by atoms with E-state index in [1.54, 1.807) is 28.8 Å². The average Bonchev–Trinajstić information content (AvgIpc) is 3.25. The van der Waals surface area contributed by atoms with Gasteiger partial charge in [0.25, 0.3) is 5.91 Å². The lowest BCUT2D eigenvalue weighted by atomic mass is 10.2. The van der Waals surface area contributed by atoms with Gasteiger partial charge in [-0.1, -0.05) is 6.42 Å². The van der Waals surface area contributed by atoms with Gasteiger partial charge in [0, 0.05) is 37.3 Å². The molecule has 28 heavy (non-hydrogen) atoms. The van der Waals surface area contributed by atoms with E-state index in [0.717, 1.165) is 57.4 Å². The molecule has 0 aliphatic carbocycles. The molecular formula is C20H25N5O3. The highest BCUT2D eigenvalue weighted by molar-refractivity contribution is 5.95. The van der Waals surface area contributed by atoms with E-state index in [4.69, 9.17) is 0 Å². The van der Waals surface area contributed by atoms with Gasteiger partial charge < -0.3 is 10.2 Å². The minimum absolute atomic E-state index is 0.0291. The van der Waals surface area contributed by atoms with Crippen molar-refractivity contribution in [2.24, 2.45) is 0 Å². The highest BCUT2D eigenvalue weighted by Crippen LogP contribution is 2.15. The number of hydrogen-bond donors (Lipinski definition) is 1. The number of hydrogen-bond acceptors (Lipinski definition) is 4. The van der Waals surface area contributed by atoms with Gasteiger partial charge >= 0.3 is 5.69 Å². The first-order valence-electron chi connectivity index (χ1n) is 9.97. The van der Waals surface area contributed by atoms with Gasteiger partial charge in [0.2, 0.25) is 5.91 Å². The average molecular weight is 383 g/mol. The SMILES string of the molecule is O=C(Cn1nc2n(c1=O)CCCCC2)Nc1ccc(C(=O)N2CCCC2)cc1. The summed E-state index contributed by atoms with van der Waals surface area (Å²) in [5.41, 5.74) is 0.990. The van der Waals surface area contributed by atoms with Crippen LogP contribution in [0.3, 0.4) is 0 Å². The molecule has 0 radical (unpaired) electrons. The molecule has 8 heteroatoms. The zero-order valence-electron chi connectivity index (χ0n) is 15.9. The monoisotopic (exact) mass is 383 g/mol. The van der Waals surface area contributed by atoms with Crippen LogP contribution in [0.1, 0.15) is 48.3 Å². The number of carbonyl (C=O) groups excluding carboxylic acids is 2. The Balaban J connectivity index is 1.39. The van der Waals surface area contributed by atoms with Crippen molar-refractivity contribution in [1.29, 1.82) is 0 Å². The Morgan fingerprint density at radius 1 is 0.964 bits per heavy atom. The van der Waals surface area contributed by atoms with Crippen molar-refractivity contribution in [2.45, 2.75) is 51.6 Å². The zero-order valence-corrected chi connectivity index (χ0v) is 15.9. The zero-order chi connectivity index (χ0) is 19.5. The summed E-state index contributed by atoms with van der Waals surface area (Å²) in [5, 5.41) is 7.10. The molecule has 4 rings (SSSR count). The van der Waals surface area contributed by atoms with Crippen LogP contribution >= 0.6 is 0 Å². The lowest BCUT2D eigenvalue weighted by Gasteiger charge is -2.15. The van der Waals surface area contributed by atoms with Crippen LogP contribution in [-0.4, -0.2) is 44.2 Å². The maximum atomic E-state index is 12.4. The Kier molecular flexibility index (Phi) is 5.27. The summed E-state index contributed by atoms with van der Waals surface area (Å²) in [6.07, 6.45) is 5.96. The first kappa shape index (κ1) is 18.5. The number of likely N-dealkylation sites (tertiary alicyclic amines) is 1. The molecule has 1 aromatic carbocycles. The van der Waals surface area contributed by atoms with E-state index < -0.39 is 0 Å². The van der Waals surface area contributed by atoms with Crippen molar-refractivity contribution in [3.8, 4) is 0 Å². The Hall–Kier alpha value is -2.90. The number of aryl methyl sites for hydroxylation is 1. The molecule has 1 fully saturated rings. The highest BCUT2D eigenvalue weighted by atomic mass is 16.2. The number of amides is 2. The minimum Gasteiger partial charge on any atom is -0.339 e. The van der Waals surface area contributed by atoms with Crippen LogP contribution < -0.4 is 11.0 Å². The van der Waals surface area contributed by atoms with E-state index in [0.29, 0.717) is 17.8 Å². The molecule has 0 spiro atoms. The van der Waals surface area contributed by atoms with E-state index in [-0.39, 0.29) is 24.0 Å². The Labute approximate surface area is 163 Å². The fourth-order valence-electron chi connectivity index (χ4n) is 3.86. The van der Waals surface area contributed by atoms with Crippen LogP contribution in [0.4, 0.5) is 5.69 Å². The maximum absolute atomic E-state index is 12.4. The standard InChI is InChI=1S/C20H25N5O3/c26-18(14-25-20(28)24-13-3-1-2-6-17(24)22-25)21-16-9-7-15(8-10-16)19(27)23-11-4-5-12-23/h7-10H,1-6,11-14H2,(H,21,26). The second-order valence-electron chi connectivity index (χ2n) is 7.44. The highest BCUT2D eigenvalue weighted by Gasteiger charge is 2.20. The number of rotatable bonds is 4. The van der Waals surface area contributed by atoms with Crippen molar-refractivity contribution in [3.63, 3.8) is 0 Å². The topological polar surface area (TPSA) is 89.2 Å². The number of benzene rings is 1. The summed E-state index contributed by atoms with van der Waals surface area (Å²) in [7, 11) is 0. The number of nitrogens with one attached hydrogen (secondary N) is 1. The van der Waals surface area contributed by atoms with E-state index in [1.807, 2.05) is 4.90 Å². The Morgan fingerprint density at radius 3 is 2.43 bits per heavy atom. The van der Waals surface area contributed by atoms with Gasteiger partial charge in [-0.2, -0.15) is 5.10 Å². The summed E-state index contributed by atoms with van der Waals surface area (Å²) in [5.74, 6) is 0.482.